The van der Waals surface area contributed by atoms with Crippen molar-refractivity contribution in [2.24, 2.45) is 11.8 Å². The summed E-state index contributed by atoms with van der Waals surface area (Å²) in [6.07, 6.45) is 5.69. The van der Waals surface area contributed by atoms with Crippen LogP contribution in [0.15, 0.2) is 22.8 Å². The maximum atomic E-state index is 4.92. The molecular weight excluding hydrogens is 288 g/mol. The number of rotatable bonds is 4. The molecule has 0 radical (unpaired) electrons. The lowest BCUT2D eigenvalue weighted by Gasteiger charge is -2.36. The maximum absolute atomic E-state index is 4.92. The molecule has 122 valence electrons. The van der Waals surface area contributed by atoms with E-state index in [1.165, 1.54) is 57.4 Å². The summed E-state index contributed by atoms with van der Waals surface area (Å²) < 4.78 is 4.92. The van der Waals surface area contributed by atoms with Crippen LogP contribution < -0.4 is 0 Å². The minimum Gasteiger partial charge on any atom is -0.299 e. The first-order chi connectivity index (χ1) is 11.3. The lowest BCUT2D eigenvalue weighted by molar-refractivity contribution is 0.125. The van der Waals surface area contributed by atoms with E-state index >= 15 is 0 Å². The minimum atomic E-state index is 0.754. The van der Waals surface area contributed by atoms with Crippen molar-refractivity contribution >= 4 is 11.0 Å². The van der Waals surface area contributed by atoms with Crippen LogP contribution in [0.25, 0.3) is 11.0 Å². The van der Waals surface area contributed by atoms with Gasteiger partial charge in [-0.15, -0.1) is 0 Å². The average molecular weight is 312 g/mol. The molecule has 3 aliphatic heterocycles. The zero-order valence-electron chi connectivity index (χ0n) is 13.5. The molecule has 2 aromatic rings. The van der Waals surface area contributed by atoms with Crippen molar-refractivity contribution in [1.82, 2.24) is 20.1 Å². The zero-order valence-corrected chi connectivity index (χ0v) is 13.5. The third-order valence-corrected chi connectivity index (χ3v) is 5.86. The van der Waals surface area contributed by atoms with Crippen molar-refractivity contribution in [3.63, 3.8) is 0 Å². The number of hydrogen-bond acceptors (Lipinski definition) is 5. The normalized spacial score (nSPS) is 29.2. The van der Waals surface area contributed by atoms with Crippen LogP contribution in [-0.4, -0.2) is 52.3 Å². The second kappa shape index (κ2) is 5.56. The highest BCUT2D eigenvalue weighted by Gasteiger charge is 2.37. The fraction of sp³-hybridized carbons (Fsp3) is 0.667. The van der Waals surface area contributed by atoms with Crippen molar-refractivity contribution in [2.45, 2.75) is 38.3 Å². The predicted octanol–water partition coefficient (Wildman–Crippen LogP) is 2.53. The van der Waals surface area contributed by atoms with E-state index in [0.717, 1.165) is 35.5 Å². The molecule has 4 heterocycles. The van der Waals surface area contributed by atoms with Crippen molar-refractivity contribution in [3.8, 4) is 0 Å². The van der Waals surface area contributed by atoms with E-state index in [0.29, 0.717) is 0 Å². The molecule has 0 spiro atoms. The molecule has 1 saturated carbocycles. The summed E-state index contributed by atoms with van der Waals surface area (Å²) in [6, 6.07) is 6.96. The Balaban J connectivity index is 1.34. The number of aromatic nitrogens is 2. The lowest BCUT2D eigenvalue weighted by Crippen LogP contribution is -2.44. The van der Waals surface area contributed by atoms with Gasteiger partial charge in [-0.25, -0.2) is 4.63 Å². The Morgan fingerprint density at radius 3 is 2.91 bits per heavy atom. The first-order valence-electron chi connectivity index (χ1n) is 9.02. The molecule has 5 heteroatoms. The summed E-state index contributed by atoms with van der Waals surface area (Å²) in [5, 5.41) is 8.07. The Labute approximate surface area is 136 Å². The van der Waals surface area contributed by atoms with E-state index in [-0.39, 0.29) is 0 Å². The number of piperidine rings is 1. The number of fused-ring (bicyclic) bond motifs is 5. The van der Waals surface area contributed by atoms with Gasteiger partial charge < -0.3 is 0 Å². The van der Waals surface area contributed by atoms with E-state index in [1.807, 2.05) is 6.07 Å². The number of hydrogen-bond donors (Lipinski definition) is 0. The fourth-order valence-electron chi connectivity index (χ4n) is 4.49. The Bertz CT molecular complexity index is 695. The molecule has 4 aliphatic rings. The van der Waals surface area contributed by atoms with Crippen LogP contribution >= 0.6 is 0 Å². The van der Waals surface area contributed by atoms with Gasteiger partial charge in [0, 0.05) is 38.8 Å². The molecule has 1 aromatic carbocycles. The monoisotopic (exact) mass is 312 g/mol. The molecule has 1 aromatic heterocycles. The SMILES string of the molecule is c1cc(CN2C[C@H]3CC[C@@H](C2)N(CC2CC2)C3)c2nonc2c1. The quantitative estimate of drug-likeness (QED) is 0.868. The maximum Gasteiger partial charge on any atom is 0.139 e. The molecule has 0 N–H and O–H groups in total. The molecule has 3 saturated heterocycles. The largest absolute Gasteiger partial charge is 0.299 e. The second-order valence-electron chi connectivity index (χ2n) is 7.74. The summed E-state index contributed by atoms with van der Waals surface area (Å²) in [5.74, 6) is 1.83. The standard InChI is InChI=1S/C18H24N4O/c1-2-15(18-17(3-1)19-23-20-18)11-21-8-14-6-7-16(12-21)22(10-14)9-13-4-5-13/h1-3,13-14,16H,4-12H2/t14-,16+/m1/s1. The van der Waals surface area contributed by atoms with E-state index < -0.39 is 0 Å². The van der Waals surface area contributed by atoms with Gasteiger partial charge in [-0.3, -0.25) is 9.80 Å². The van der Waals surface area contributed by atoms with Crippen LogP contribution in [0.1, 0.15) is 31.2 Å². The van der Waals surface area contributed by atoms with Crippen molar-refractivity contribution < 1.29 is 4.63 Å². The van der Waals surface area contributed by atoms with Gasteiger partial charge in [0.2, 0.25) is 0 Å². The topological polar surface area (TPSA) is 45.4 Å². The van der Waals surface area contributed by atoms with Gasteiger partial charge >= 0.3 is 0 Å². The molecule has 0 unspecified atom stereocenters. The van der Waals surface area contributed by atoms with Gasteiger partial charge in [0.1, 0.15) is 11.0 Å². The van der Waals surface area contributed by atoms with Crippen LogP contribution in [0.4, 0.5) is 0 Å². The summed E-state index contributed by atoms with van der Waals surface area (Å²) in [6.45, 7) is 6.05. The molecule has 1 aliphatic carbocycles. The van der Waals surface area contributed by atoms with Crippen LogP contribution in [0.3, 0.4) is 0 Å². The van der Waals surface area contributed by atoms with Gasteiger partial charge in [0.15, 0.2) is 0 Å². The molecule has 4 fully saturated rings. The van der Waals surface area contributed by atoms with Gasteiger partial charge in [0.05, 0.1) is 0 Å². The zero-order chi connectivity index (χ0) is 15.2. The molecular formula is C18H24N4O. The van der Waals surface area contributed by atoms with Crippen molar-refractivity contribution in [2.75, 3.05) is 26.2 Å². The summed E-state index contributed by atoms with van der Waals surface area (Å²) in [5.41, 5.74) is 3.05. The predicted molar refractivity (Wildman–Crippen MR) is 87.9 cm³/mol. The summed E-state index contributed by atoms with van der Waals surface area (Å²) >= 11 is 0. The van der Waals surface area contributed by atoms with Gasteiger partial charge in [-0.1, -0.05) is 12.1 Å². The highest BCUT2D eigenvalue weighted by atomic mass is 16.6. The number of nitrogens with zero attached hydrogens (tertiary/aromatic N) is 4. The minimum absolute atomic E-state index is 0.754. The van der Waals surface area contributed by atoms with E-state index in [2.05, 4.69) is 32.2 Å². The molecule has 5 nitrogen and oxygen atoms in total. The van der Waals surface area contributed by atoms with Gasteiger partial charge in [-0.2, -0.15) is 0 Å². The third-order valence-electron chi connectivity index (χ3n) is 5.86. The Morgan fingerprint density at radius 2 is 2.00 bits per heavy atom. The van der Waals surface area contributed by atoms with Crippen molar-refractivity contribution in [3.05, 3.63) is 23.8 Å². The van der Waals surface area contributed by atoms with Crippen LogP contribution in [0.5, 0.6) is 0 Å². The van der Waals surface area contributed by atoms with Crippen LogP contribution in [-0.2, 0) is 6.54 Å². The van der Waals surface area contributed by atoms with Crippen molar-refractivity contribution in [1.29, 1.82) is 0 Å². The Kier molecular flexibility index (Phi) is 3.37. The van der Waals surface area contributed by atoms with Gasteiger partial charge in [-0.05, 0) is 59.5 Å². The first kappa shape index (κ1) is 13.9. The Morgan fingerprint density at radius 1 is 1.04 bits per heavy atom. The molecule has 23 heavy (non-hydrogen) atoms. The first-order valence-corrected chi connectivity index (χ1v) is 9.02. The summed E-state index contributed by atoms with van der Waals surface area (Å²) in [4.78, 5) is 5.43. The molecule has 2 atom stereocenters. The second-order valence-corrected chi connectivity index (χ2v) is 7.74. The highest BCUT2D eigenvalue weighted by Crippen LogP contribution is 2.35. The highest BCUT2D eigenvalue weighted by molar-refractivity contribution is 5.76. The molecule has 2 bridgehead atoms. The molecule has 0 amide bonds. The van der Waals surface area contributed by atoms with Crippen LogP contribution in [0.2, 0.25) is 0 Å². The van der Waals surface area contributed by atoms with Crippen LogP contribution in [0, 0.1) is 11.8 Å². The lowest BCUT2D eigenvalue weighted by atomic mass is 9.95. The van der Waals surface area contributed by atoms with E-state index in [4.69, 9.17) is 4.63 Å². The Hall–Kier alpha value is -1.46. The third kappa shape index (κ3) is 2.76. The van der Waals surface area contributed by atoms with E-state index in [9.17, 15) is 0 Å². The average Bonchev–Trinajstić information content (AvgIpc) is 3.29. The number of benzene rings is 1. The van der Waals surface area contributed by atoms with Gasteiger partial charge in [0.25, 0.3) is 0 Å². The smallest absolute Gasteiger partial charge is 0.139 e. The fourth-order valence-corrected chi connectivity index (χ4v) is 4.49. The van der Waals surface area contributed by atoms with E-state index in [1.54, 1.807) is 0 Å². The summed E-state index contributed by atoms with van der Waals surface area (Å²) in [7, 11) is 0. The molecule has 6 rings (SSSR count).